The average molecular weight is 299 g/mol. The zero-order chi connectivity index (χ0) is 15.4. The van der Waals surface area contributed by atoms with Gasteiger partial charge in [-0.15, -0.1) is 0 Å². The molecule has 1 heterocycles. The van der Waals surface area contributed by atoms with Gasteiger partial charge in [0.05, 0.1) is 4.92 Å². The number of hydrogen-bond acceptors (Lipinski definition) is 4. The first kappa shape index (κ1) is 15.3. The molecule has 1 aliphatic heterocycles. The number of rotatable bonds is 4. The van der Waals surface area contributed by atoms with Crippen LogP contribution in [-0.2, 0) is 0 Å². The predicted molar refractivity (Wildman–Crippen MR) is 70.9 cm³/mol. The standard InChI is InChI=1S/C13H15F2N3O3/c14-9-1-2-10(18(20)21)12(15)11(9)13(19)17-7-8-3-5-16-6-4-8/h1-2,8,16H,3-7H2,(H,17,19). The molecule has 0 aromatic heterocycles. The molecule has 1 aliphatic rings. The van der Waals surface area contributed by atoms with Gasteiger partial charge in [0.2, 0.25) is 5.82 Å². The van der Waals surface area contributed by atoms with E-state index in [0.717, 1.165) is 32.0 Å². The summed E-state index contributed by atoms with van der Waals surface area (Å²) in [6, 6.07) is 1.43. The number of nitro benzene ring substituents is 1. The summed E-state index contributed by atoms with van der Waals surface area (Å²) in [4.78, 5) is 21.5. The largest absolute Gasteiger partial charge is 0.352 e. The molecular weight excluding hydrogens is 284 g/mol. The number of nitrogens with one attached hydrogen (secondary N) is 2. The van der Waals surface area contributed by atoms with Crippen LogP contribution in [0, 0.1) is 27.7 Å². The minimum Gasteiger partial charge on any atom is -0.352 e. The third kappa shape index (κ3) is 3.52. The van der Waals surface area contributed by atoms with Crippen LogP contribution in [0.3, 0.4) is 0 Å². The van der Waals surface area contributed by atoms with E-state index in [4.69, 9.17) is 0 Å². The number of amides is 1. The van der Waals surface area contributed by atoms with Crippen molar-refractivity contribution in [2.75, 3.05) is 19.6 Å². The van der Waals surface area contributed by atoms with Crippen LogP contribution in [0.25, 0.3) is 0 Å². The monoisotopic (exact) mass is 299 g/mol. The highest BCUT2D eigenvalue weighted by Crippen LogP contribution is 2.23. The normalized spacial score (nSPS) is 15.7. The molecule has 0 bridgehead atoms. The quantitative estimate of drug-likeness (QED) is 0.653. The maximum atomic E-state index is 13.8. The molecule has 21 heavy (non-hydrogen) atoms. The molecule has 1 amide bonds. The van der Waals surface area contributed by atoms with Crippen LogP contribution in [0.1, 0.15) is 23.2 Å². The van der Waals surface area contributed by atoms with E-state index in [2.05, 4.69) is 10.6 Å². The second-order valence-electron chi connectivity index (χ2n) is 4.92. The van der Waals surface area contributed by atoms with Gasteiger partial charge in [0.25, 0.3) is 5.91 Å². The summed E-state index contributed by atoms with van der Waals surface area (Å²) in [6.07, 6.45) is 1.72. The van der Waals surface area contributed by atoms with Crippen molar-refractivity contribution in [3.8, 4) is 0 Å². The fourth-order valence-electron chi connectivity index (χ4n) is 2.30. The molecule has 0 unspecified atom stereocenters. The number of carbonyl (C=O) groups is 1. The molecule has 0 atom stereocenters. The Morgan fingerprint density at radius 1 is 1.38 bits per heavy atom. The van der Waals surface area contributed by atoms with Gasteiger partial charge >= 0.3 is 5.69 Å². The van der Waals surface area contributed by atoms with Crippen molar-refractivity contribution < 1.29 is 18.5 Å². The van der Waals surface area contributed by atoms with Gasteiger partial charge in [-0.05, 0) is 37.9 Å². The van der Waals surface area contributed by atoms with Crippen molar-refractivity contribution in [2.45, 2.75) is 12.8 Å². The molecular formula is C13H15F2N3O3. The number of piperidine rings is 1. The molecule has 8 heteroatoms. The molecule has 0 spiro atoms. The lowest BCUT2D eigenvalue weighted by Crippen LogP contribution is -2.36. The van der Waals surface area contributed by atoms with Crippen LogP contribution in [0.4, 0.5) is 14.5 Å². The van der Waals surface area contributed by atoms with Gasteiger partial charge in [0.1, 0.15) is 11.4 Å². The van der Waals surface area contributed by atoms with E-state index in [-0.39, 0.29) is 5.92 Å². The van der Waals surface area contributed by atoms with E-state index in [1.165, 1.54) is 0 Å². The highest BCUT2D eigenvalue weighted by molar-refractivity contribution is 5.95. The zero-order valence-corrected chi connectivity index (χ0v) is 11.2. The predicted octanol–water partition coefficient (Wildman–Crippen LogP) is 1.60. The lowest BCUT2D eigenvalue weighted by molar-refractivity contribution is -0.387. The molecule has 6 nitrogen and oxygen atoms in total. The van der Waals surface area contributed by atoms with E-state index in [0.29, 0.717) is 12.6 Å². The van der Waals surface area contributed by atoms with Crippen molar-refractivity contribution in [1.29, 1.82) is 0 Å². The van der Waals surface area contributed by atoms with Crippen LogP contribution in [0.2, 0.25) is 0 Å². The van der Waals surface area contributed by atoms with Crippen LogP contribution in [0.15, 0.2) is 12.1 Å². The zero-order valence-electron chi connectivity index (χ0n) is 11.2. The van der Waals surface area contributed by atoms with Crippen LogP contribution in [0.5, 0.6) is 0 Å². The van der Waals surface area contributed by atoms with E-state index in [1.54, 1.807) is 0 Å². The highest BCUT2D eigenvalue weighted by Gasteiger charge is 2.26. The number of nitro groups is 1. The third-order valence-corrected chi connectivity index (χ3v) is 3.50. The summed E-state index contributed by atoms with van der Waals surface area (Å²) in [5.74, 6) is -3.28. The third-order valence-electron chi connectivity index (χ3n) is 3.50. The molecule has 114 valence electrons. The summed E-state index contributed by atoms with van der Waals surface area (Å²) in [5.41, 5.74) is -1.82. The maximum absolute atomic E-state index is 13.8. The molecule has 0 radical (unpaired) electrons. The number of nitrogens with zero attached hydrogens (tertiary/aromatic N) is 1. The van der Waals surface area contributed by atoms with E-state index < -0.39 is 33.7 Å². The summed E-state index contributed by atoms with van der Waals surface area (Å²) >= 11 is 0. The molecule has 2 rings (SSSR count). The van der Waals surface area contributed by atoms with Gasteiger partial charge in [0, 0.05) is 12.6 Å². The average Bonchev–Trinajstić information content (AvgIpc) is 2.46. The van der Waals surface area contributed by atoms with Crippen LogP contribution >= 0.6 is 0 Å². The van der Waals surface area contributed by atoms with E-state index >= 15 is 0 Å². The van der Waals surface area contributed by atoms with Crippen molar-refractivity contribution in [1.82, 2.24) is 10.6 Å². The first-order chi connectivity index (χ1) is 10.0. The molecule has 1 saturated heterocycles. The second-order valence-corrected chi connectivity index (χ2v) is 4.92. The Balaban J connectivity index is 2.11. The lowest BCUT2D eigenvalue weighted by atomic mass is 9.98. The Bertz CT molecular complexity index is 560. The first-order valence-electron chi connectivity index (χ1n) is 6.62. The molecule has 0 saturated carbocycles. The minimum absolute atomic E-state index is 0.236. The summed E-state index contributed by atoms with van der Waals surface area (Å²) in [6.45, 7) is 1.96. The highest BCUT2D eigenvalue weighted by atomic mass is 19.1. The second kappa shape index (κ2) is 6.57. The van der Waals surface area contributed by atoms with Gasteiger partial charge in [-0.25, -0.2) is 4.39 Å². The van der Waals surface area contributed by atoms with Crippen LogP contribution < -0.4 is 10.6 Å². The number of carbonyl (C=O) groups excluding carboxylic acids is 1. The van der Waals surface area contributed by atoms with Crippen molar-refractivity contribution >= 4 is 11.6 Å². The van der Waals surface area contributed by atoms with Gasteiger partial charge in [-0.1, -0.05) is 0 Å². The molecule has 2 N–H and O–H groups in total. The van der Waals surface area contributed by atoms with Crippen molar-refractivity contribution in [3.63, 3.8) is 0 Å². The Morgan fingerprint density at radius 3 is 2.67 bits per heavy atom. The molecule has 0 aliphatic carbocycles. The van der Waals surface area contributed by atoms with Gasteiger partial charge in [-0.3, -0.25) is 14.9 Å². The first-order valence-corrected chi connectivity index (χ1v) is 6.62. The Kier molecular flexibility index (Phi) is 4.79. The van der Waals surface area contributed by atoms with Gasteiger partial charge < -0.3 is 10.6 Å². The van der Waals surface area contributed by atoms with Crippen LogP contribution in [-0.4, -0.2) is 30.5 Å². The Labute approximate surface area is 119 Å². The molecule has 1 aromatic carbocycles. The number of benzene rings is 1. The number of hydrogen-bond donors (Lipinski definition) is 2. The topological polar surface area (TPSA) is 84.3 Å². The lowest BCUT2D eigenvalue weighted by Gasteiger charge is -2.22. The SMILES string of the molecule is O=C(NCC1CCNCC1)c1c(F)ccc([N+](=O)[O-])c1F. The molecule has 1 fully saturated rings. The van der Waals surface area contributed by atoms with Crippen molar-refractivity contribution in [3.05, 3.63) is 39.4 Å². The Morgan fingerprint density at radius 2 is 2.05 bits per heavy atom. The maximum Gasteiger partial charge on any atom is 0.305 e. The number of halogens is 2. The smallest absolute Gasteiger partial charge is 0.305 e. The minimum atomic E-state index is -1.44. The molecule has 1 aromatic rings. The summed E-state index contributed by atoms with van der Waals surface area (Å²) < 4.78 is 27.4. The van der Waals surface area contributed by atoms with Gasteiger partial charge in [-0.2, -0.15) is 4.39 Å². The summed E-state index contributed by atoms with van der Waals surface area (Å²) in [7, 11) is 0. The fraction of sp³-hybridized carbons (Fsp3) is 0.462. The fourth-order valence-corrected chi connectivity index (χ4v) is 2.30. The Hall–Kier alpha value is -2.09. The van der Waals surface area contributed by atoms with E-state index in [9.17, 15) is 23.7 Å². The van der Waals surface area contributed by atoms with E-state index in [1.807, 2.05) is 0 Å². The summed E-state index contributed by atoms with van der Waals surface area (Å²) in [5, 5.41) is 16.2. The van der Waals surface area contributed by atoms with Crippen molar-refractivity contribution in [2.24, 2.45) is 5.92 Å². The van der Waals surface area contributed by atoms with Gasteiger partial charge in [0.15, 0.2) is 0 Å².